The second-order valence-electron chi connectivity index (χ2n) is 9.66. The first-order chi connectivity index (χ1) is 20.0. The van der Waals surface area contributed by atoms with E-state index in [0.29, 0.717) is 5.56 Å². The molecule has 1 fully saturated rings. The number of hydrogen-bond donors (Lipinski definition) is 2. The van der Waals surface area contributed by atoms with E-state index >= 15 is 0 Å². The van der Waals surface area contributed by atoms with E-state index in [2.05, 4.69) is 25.7 Å². The summed E-state index contributed by atoms with van der Waals surface area (Å²) in [4.78, 5) is 38.8. The smallest absolute Gasteiger partial charge is 0.406 e. The van der Waals surface area contributed by atoms with Gasteiger partial charge in [-0.2, -0.15) is 4.39 Å². The molecule has 3 aromatic rings. The summed E-state index contributed by atoms with van der Waals surface area (Å²) in [6.45, 7) is 1.09. The molecule has 2 amide bonds. The number of carbonyl (C=O) groups is 2. The summed E-state index contributed by atoms with van der Waals surface area (Å²) in [5.74, 6) is -2.69. The van der Waals surface area contributed by atoms with Crippen molar-refractivity contribution in [1.82, 2.24) is 29.8 Å². The van der Waals surface area contributed by atoms with Crippen LogP contribution >= 0.6 is 0 Å². The van der Waals surface area contributed by atoms with Crippen LogP contribution in [0.3, 0.4) is 0 Å². The molecule has 0 spiro atoms. The van der Waals surface area contributed by atoms with Gasteiger partial charge in [0, 0.05) is 19.3 Å². The maximum atomic E-state index is 14.6. The van der Waals surface area contributed by atoms with Crippen molar-refractivity contribution in [3.63, 3.8) is 0 Å². The van der Waals surface area contributed by atoms with Gasteiger partial charge in [0.05, 0.1) is 25.0 Å². The predicted octanol–water partition coefficient (Wildman–Crippen LogP) is 2.87. The van der Waals surface area contributed by atoms with Crippen molar-refractivity contribution in [1.29, 1.82) is 0 Å². The Balaban J connectivity index is 1.24. The van der Waals surface area contributed by atoms with Crippen molar-refractivity contribution in [2.24, 2.45) is 0 Å². The number of alkyl halides is 4. The van der Waals surface area contributed by atoms with E-state index in [0.717, 1.165) is 47.3 Å². The lowest BCUT2D eigenvalue weighted by atomic mass is 10.2. The van der Waals surface area contributed by atoms with E-state index in [-0.39, 0.29) is 44.0 Å². The first-order valence-electron chi connectivity index (χ1n) is 13.0. The summed E-state index contributed by atoms with van der Waals surface area (Å²) in [6.07, 6.45) is -2.12. The van der Waals surface area contributed by atoms with E-state index in [1.807, 2.05) is 4.90 Å². The topological polar surface area (TPSA) is 123 Å². The van der Waals surface area contributed by atoms with Crippen molar-refractivity contribution in [3.05, 3.63) is 70.2 Å². The number of halogens is 5. The lowest BCUT2D eigenvalue weighted by Crippen LogP contribution is -2.32. The first kappa shape index (κ1) is 30.6. The van der Waals surface area contributed by atoms with E-state index in [9.17, 15) is 36.3 Å². The number of carbonyl (C=O) groups excluding carboxylic acids is 2. The highest BCUT2D eigenvalue weighted by molar-refractivity contribution is 5.92. The van der Waals surface area contributed by atoms with Crippen LogP contribution in [0.4, 0.5) is 27.6 Å². The number of nitrogens with one attached hydrogen (secondary N) is 2. The number of ether oxygens (including phenoxy) is 1. The molecule has 11 nitrogen and oxygen atoms in total. The number of nitrogens with zero attached hydrogens (tertiary/aromatic N) is 5. The number of pyridine rings is 1. The Labute approximate surface area is 236 Å². The highest BCUT2D eigenvalue weighted by Crippen LogP contribution is 2.23. The lowest BCUT2D eigenvalue weighted by molar-refractivity contribution is -0.274. The van der Waals surface area contributed by atoms with Gasteiger partial charge in [0.2, 0.25) is 11.7 Å². The molecule has 1 aliphatic heterocycles. The van der Waals surface area contributed by atoms with Crippen molar-refractivity contribution in [3.8, 4) is 5.75 Å². The molecule has 42 heavy (non-hydrogen) atoms. The van der Waals surface area contributed by atoms with Crippen molar-refractivity contribution in [2.75, 3.05) is 25.0 Å². The number of aromatic nitrogens is 4. The van der Waals surface area contributed by atoms with Crippen LogP contribution in [-0.4, -0.2) is 68.4 Å². The van der Waals surface area contributed by atoms with Gasteiger partial charge in [-0.25, -0.2) is 9.07 Å². The van der Waals surface area contributed by atoms with Gasteiger partial charge in [-0.05, 0) is 56.1 Å². The fraction of sp³-hybridized carbons (Fsp3) is 0.423. The second-order valence-corrected chi connectivity index (χ2v) is 9.66. The predicted molar refractivity (Wildman–Crippen MR) is 139 cm³/mol. The molecule has 1 aromatic carbocycles. The zero-order chi connectivity index (χ0) is 30.3. The van der Waals surface area contributed by atoms with Gasteiger partial charge in [0.25, 0.3) is 11.5 Å². The molecule has 1 saturated heterocycles. The van der Waals surface area contributed by atoms with E-state index < -0.39 is 41.5 Å². The Hall–Kier alpha value is -4.34. The molecule has 1 unspecified atom stereocenters. The number of benzene rings is 1. The van der Waals surface area contributed by atoms with Crippen LogP contribution in [0.25, 0.3) is 0 Å². The van der Waals surface area contributed by atoms with Crippen LogP contribution in [0.1, 0.15) is 35.3 Å². The maximum absolute atomic E-state index is 14.6. The van der Waals surface area contributed by atoms with Crippen molar-refractivity contribution >= 4 is 17.5 Å². The van der Waals surface area contributed by atoms with Crippen molar-refractivity contribution in [2.45, 2.75) is 51.4 Å². The molecule has 1 aliphatic rings. The fourth-order valence-corrected chi connectivity index (χ4v) is 4.34. The molecule has 0 aliphatic carbocycles. The number of rotatable bonds is 12. The minimum atomic E-state index is -4.85. The van der Waals surface area contributed by atoms with E-state index in [1.54, 1.807) is 0 Å². The lowest BCUT2D eigenvalue weighted by Gasteiger charge is -2.15. The number of anilines is 1. The summed E-state index contributed by atoms with van der Waals surface area (Å²) in [5, 5.41) is 12.3. The molecular formula is C26H28F5N7O4. The summed E-state index contributed by atoms with van der Waals surface area (Å²) in [6, 6.07) is 6.31. The normalized spacial score (nSPS) is 14.5. The first-order valence-corrected chi connectivity index (χ1v) is 13.0. The number of likely N-dealkylation sites (tertiary alicyclic amines) is 1. The van der Waals surface area contributed by atoms with Gasteiger partial charge < -0.3 is 19.9 Å². The van der Waals surface area contributed by atoms with Crippen LogP contribution < -0.4 is 20.9 Å². The molecule has 2 N–H and O–H groups in total. The molecule has 4 rings (SSSR count). The van der Waals surface area contributed by atoms with Crippen LogP contribution in [0.15, 0.2) is 47.5 Å². The van der Waals surface area contributed by atoms with Crippen LogP contribution in [0.5, 0.6) is 5.75 Å². The molecule has 16 heteroatoms. The quantitative estimate of drug-likeness (QED) is 0.308. The molecule has 0 radical (unpaired) electrons. The summed E-state index contributed by atoms with van der Waals surface area (Å²) >= 11 is 0. The molecule has 0 bridgehead atoms. The van der Waals surface area contributed by atoms with Gasteiger partial charge in [-0.1, -0.05) is 17.3 Å². The minimum absolute atomic E-state index is 0.104. The average Bonchev–Trinajstić information content (AvgIpc) is 3.61. The molecular weight excluding hydrogens is 569 g/mol. The van der Waals surface area contributed by atoms with Crippen LogP contribution in [0.2, 0.25) is 0 Å². The number of amides is 2. The fourth-order valence-electron chi connectivity index (χ4n) is 4.34. The third kappa shape index (κ3) is 8.83. The zero-order valence-electron chi connectivity index (χ0n) is 22.2. The van der Waals surface area contributed by atoms with E-state index in [4.69, 9.17) is 0 Å². The van der Waals surface area contributed by atoms with Crippen LogP contribution in [0, 0.1) is 5.82 Å². The Morgan fingerprint density at radius 3 is 2.64 bits per heavy atom. The SMILES string of the molecule is O=C(CN1CCCC1)Nc1ccn(CCC(F)Cn2cc(C(=O)NCc3cccc(OC(F)(F)F)c3)nn2)c(=O)c1F. The van der Waals surface area contributed by atoms with Gasteiger partial charge >= 0.3 is 6.36 Å². The third-order valence-electron chi connectivity index (χ3n) is 6.37. The van der Waals surface area contributed by atoms with Crippen LogP contribution in [-0.2, 0) is 24.4 Å². The van der Waals surface area contributed by atoms with Gasteiger partial charge in [-0.3, -0.25) is 19.3 Å². The standard InChI is InChI=1S/C26H28F5N7O4/c27-18(6-10-37-11-7-20(23(28)25(37)41)33-22(39)16-36-8-1-2-9-36)14-38-15-21(34-35-38)24(40)32-13-17-4-3-5-19(12-17)42-26(29,30)31/h3-5,7,11-12,15,18H,1-2,6,8-10,13-14,16H2,(H,32,40)(H,33,39). The van der Waals surface area contributed by atoms with E-state index in [1.165, 1.54) is 30.6 Å². The van der Waals surface area contributed by atoms with Crippen molar-refractivity contribution < 1.29 is 36.3 Å². The largest absolute Gasteiger partial charge is 0.573 e. The number of hydrogen-bond acceptors (Lipinski definition) is 7. The summed E-state index contributed by atoms with van der Waals surface area (Å²) < 4.78 is 72.3. The molecule has 226 valence electrons. The summed E-state index contributed by atoms with van der Waals surface area (Å²) in [7, 11) is 0. The highest BCUT2D eigenvalue weighted by Gasteiger charge is 2.31. The molecule has 0 saturated carbocycles. The average molecular weight is 598 g/mol. The second kappa shape index (κ2) is 13.5. The zero-order valence-corrected chi connectivity index (χ0v) is 22.2. The van der Waals surface area contributed by atoms with Gasteiger partial charge in [0.1, 0.15) is 11.9 Å². The Bertz CT molecular complexity index is 1450. The summed E-state index contributed by atoms with van der Waals surface area (Å²) in [5.41, 5.74) is -1.06. The Morgan fingerprint density at radius 2 is 1.90 bits per heavy atom. The maximum Gasteiger partial charge on any atom is 0.573 e. The molecule has 2 aromatic heterocycles. The molecule has 1 atom stereocenters. The highest BCUT2D eigenvalue weighted by atomic mass is 19.4. The van der Waals surface area contributed by atoms with Gasteiger partial charge in [-0.15, -0.1) is 18.3 Å². The monoisotopic (exact) mass is 597 g/mol. The Morgan fingerprint density at radius 1 is 1.14 bits per heavy atom. The minimum Gasteiger partial charge on any atom is -0.406 e. The Kier molecular flexibility index (Phi) is 9.88. The van der Waals surface area contributed by atoms with Gasteiger partial charge in [0.15, 0.2) is 5.69 Å². The molecule has 3 heterocycles. The third-order valence-corrected chi connectivity index (χ3v) is 6.37. The number of aryl methyl sites for hydroxylation is 1.